The Labute approximate surface area is 144 Å². The molecule has 0 saturated carbocycles. The average Bonchev–Trinajstić information content (AvgIpc) is 3.10. The first-order valence-corrected chi connectivity index (χ1v) is 7.73. The van der Waals surface area contributed by atoms with E-state index in [2.05, 4.69) is 25.8 Å². The van der Waals surface area contributed by atoms with Gasteiger partial charge in [0.2, 0.25) is 0 Å². The minimum Gasteiger partial charge on any atom is -0.348 e. The molecule has 3 aromatic rings. The minimum absolute atomic E-state index is 0.233. The van der Waals surface area contributed by atoms with Crippen LogP contribution in [0.15, 0.2) is 54.9 Å². The number of aryl methyl sites for hydroxylation is 1. The van der Waals surface area contributed by atoms with Crippen LogP contribution >= 0.6 is 0 Å². The maximum Gasteiger partial charge on any atom is 0.275 e. The first kappa shape index (κ1) is 16.4. The van der Waals surface area contributed by atoms with Gasteiger partial charge in [-0.25, -0.2) is 0 Å². The summed E-state index contributed by atoms with van der Waals surface area (Å²) in [6.07, 6.45) is 2.90. The summed E-state index contributed by atoms with van der Waals surface area (Å²) in [5.41, 5.74) is 2.66. The molecular weight excluding hydrogens is 318 g/mol. The van der Waals surface area contributed by atoms with E-state index in [0.717, 1.165) is 11.1 Å². The molecule has 0 aliphatic carbocycles. The second-order valence-corrected chi connectivity index (χ2v) is 5.50. The maximum atomic E-state index is 12.3. The third-order valence-electron chi connectivity index (χ3n) is 3.59. The molecule has 0 bridgehead atoms. The zero-order valence-electron chi connectivity index (χ0n) is 13.6. The summed E-state index contributed by atoms with van der Waals surface area (Å²) >= 11 is 0. The van der Waals surface area contributed by atoms with Gasteiger partial charge in [-0.2, -0.15) is 5.10 Å². The largest absolute Gasteiger partial charge is 0.348 e. The topological polar surface area (TPSA) is 99.8 Å². The minimum atomic E-state index is -0.419. The highest BCUT2D eigenvalue weighted by Gasteiger charge is 2.16. The lowest BCUT2D eigenvalue weighted by Gasteiger charge is -2.07. The number of hydrogen-bond donors (Lipinski definition) is 3. The smallest absolute Gasteiger partial charge is 0.275 e. The number of H-pyrrole nitrogens is 1. The molecule has 0 fully saturated rings. The quantitative estimate of drug-likeness (QED) is 0.666. The lowest BCUT2D eigenvalue weighted by atomic mass is 10.1. The number of amides is 2. The van der Waals surface area contributed by atoms with Crippen molar-refractivity contribution in [2.24, 2.45) is 0 Å². The summed E-state index contributed by atoms with van der Waals surface area (Å²) in [7, 11) is 0. The van der Waals surface area contributed by atoms with Gasteiger partial charge in [0.1, 0.15) is 17.1 Å². The Balaban J connectivity index is 1.65. The van der Waals surface area contributed by atoms with Gasteiger partial charge in [-0.3, -0.25) is 19.7 Å². The highest BCUT2D eigenvalue weighted by molar-refractivity contribution is 6.07. The number of nitrogens with one attached hydrogen (secondary N) is 3. The van der Waals surface area contributed by atoms with E-state index in [1.54, 1.807) is 18.2 Å². The van der Waals surface area contributed by atoms with Crippen molar-refractivity contribution in [2.75, 3.05) is 5.32 Å². The van der Waals surface area contributed by atoms with Crippen LogP contribution in [0.2, 0.25) is 0 Å². The lowest BCUT2D eigenvalue weighted by molar-refractivity contribution is 0.0952. The zero-order valence-corrected chi connectivity index (χ0v) is 13.6. The molecule has 2 heterocycles. The molecule has 0 spiro atoms. The zero-order chi connectivity index (χ0) is 17.6. The van der Waals surface area contributed by atoms with Crippen molar-refractivity contribution in [3.63, 3.8) is 0 Å². The number of aromatic amines is 1. The standard InChI is InChI=1S/C18H17N5O2/c1-12-5-7-13(8-6-12)10-20-17(24)14-11-21-23-16(14)22-18(25)15-4-2-3-9-19-15/h2-9,11H,10H2,1H3,(H,20,24)(H2,21,22,23,25). The molecule has 25 heavy (non-hydrogen) atoms. The number of hydrogen-bond acceptors (Lipinski definition) is 4. The molecule has 7 nitrogen and oxygen atoms in total. The second kappa shape index (κ2) is 7.39. The van der Waals surface area contributed by atoms with Crippen LogP contribution in [0.25, 0.3) is 0 Å². The first-order valence-electron chi connectivity index (χ1n) is 7.73. The van der Waals surface area contributed by atoms with Gasteiger partial charge in [0, 0.05) is 12.7 Å². The summed E-state index contributed by atoms with van der Waals surface area (Å²) in [6, 6.07) is 12.9. The molecule has 126 valence electrons. The molecule has 0 unspecified atom stereocenters. The predicted octanol–water partition coefficient (Wildman–Crippen LogP) is 2.30. The molecule has 0 saturated heterocycles. The van der Waals surface area contributed by atoms with E-state index in [4.69, 9.17) is 0 Å². The summed E-state index contributed by atoms with van der Waals surface area (Å²) in [5.74, 6) is -0.514. The van der Waals surface area contributed by atoms with Gasteiger partial charge in [-0.15, -0.1) is 0 Å². The number of carbonyl (C=O) groups excluding carboxylic acids is 2. The number of nitrogens with zero attached hydrogens (tertiary/aromatic N) is 2. The number of rotatable bonds is 5. The van der Waals surface area contributed by atoms with E-state index in [9.17, 15) is 9.59 Å². The average molecular weight is 335 g/mol. The summed E-state index contributed by atoms with van der Waals surface area (Å²) < 4.78 is 0. The Morgan fingerprint density at radius 3 is 2.60 bits per heavy atom. The molecule has 7 heteroatoms. The normalized spacial score (nSPS) is 10.3. The summed E-state index contributed by atoms with van der Waals surface area (Å²) in [5, 5.41) is 11.9. The van der Waals surface area contributed by atoms with Crippen LogP contribution in [0.5, 0.6) is 0 Å². The summed E-state index contributed by atoms with van der Waals surface area (Å²) in [6.45, 7) is 2.39. The highest BCUT2D eigenvalue weighted by Crippen LogP contribution is 2.12. The van der Waals surface area contributed by atoms with Crippen molar-refractivity contribution in [1.29, 1.82) is 0 Å². The Bertz CT molecular complexity index is 872. The fraction of sp³-hybridized carbons (Fsp3) is 0.111. The fourth-order valence-corrected chi connectivity index (χ4v) is 2.21. The van der Waals surface area contributed by atoms with Crippen LogP contribution in [0.3, 0.4) is 0 Å². The first-order chi connectivity index (χ1) is 12.1. The fourth-order valence-electron chi connectivity index (χ4n) is 2.21. The van der Waals surface area contributed by atoms with Crippen molar-refractivity contribution in [2.45, 2.75) is 13.5 Å². The Kier molecular flexibility index (Phi) is 4.84. The third-order valence-corrected chi connectivity index (χ3v) is 3.59. The van der Waals surface area contributed by atoms with E-state index in [-0.39, 0.29) is 23.0 Å². The highest BCUT2D eigenvalue weighted by atomic mass is 16.2. The molecule has 3 rings (SSSR count). The van der Waals surface area contributed by atoms with Gasteiger partial charge >= 0.3 is 0 Å². The second-order valence-electron chi connectivity index (χ2n) is 5.50. The predicted molar refractivity (Wildman–Crippen MR) is 93.1 cm³/mol. The van der Waals surface area contributed by atoms with Crippen LogP contribution in [0, 0.1) is 6.92 Å². The van der Waals surface area contributed by atoms with Crippen molar-refractivity contribution < 1.29 is 9.59 Å². The van der Waals surface area contributed by atoms with Crippen molar-refractivity contribution >= 4 is 17.6 Å². The van der Waals surface area contributed by atoms with Crippen molar-refractivity contribution in [3.05, 3.63) is 77.2 Å². The van der Waals surface area contributed by atoms with Crippen molar-refractivity contribution in [3.8, 4) is 0 Å². The van der Waals surface area contributed by atoms with Gasteiger partial charge in [0.15, 0.2) is 0 Å². The van der Waals surface area contributed by atoms with Gasteiger partial charge in [-0.1, -0.05) is 35.9 Å². The van der Waals surface area contributed by atoms with Gasteiger partial charge < -0.3 is 10.6 Å². The van der Waals surface area contributed by atoms with Crippen LogP contribution in [0.4, 0.5) is 5.82 Å². The molecule has 0 aliphatic heterocycles. The number of pyridine rings is 1. The molecule has 0 atom stereocenters. The monoisotopic (exact) mass is 335 g/mol. The number of benzene rings is 1. The molecular formula is C18H17N5O2. The number of carbonyl (C=O) groups is 2. The van der Waals surface area contributed by atoms with Crippen LogP contribution in [-0.4, -0.2) is 27.0 Å². The van der Waals surface area contributed by atoms with E-state index >= 15 is 0 Å². The number of aromatic nitrogens is 3. The Morgan fingerprint density at radius 2 is 1.88 bits per heavy atom. The molecule has 3 N–H and O–H groups in total. The van der Waals surface area contributed by atoms with E-state index in [1.807, 2.05) is 31.2 Å². The van der Waals surface area contributed by atoms with Gasteiger partial charge in [-0.05, 0) is 24.6 Å². The van der Waals surface area contributed by atoms with Crippen LogP contribution < -0.4 is 10.6 Å². The van der Waals surface area contributed by atoms with Crippen molar-refractivity contribution in [1.82, 2.24) is 20.5 Å². The van der Waals surface area contributed by atoms with Crippen LogP contribution in [-0.2, 0) is 6.54 Å². The van der Waals surface area contributed by atoms with Gasteiger partial charge in [0.25, 0.3) is 11.8 Å². The molecule has 0 aliphatic rings. The maximum absolute atomic E-state index is 12.3. The van der Waals surface area contributed by atoms with E-state index in [1.165, 1.54) is 12.4 Å². The van der Waals surface area contributed by atoms with Crippen LogP contribution in [0.1, 0.15) is 32.0 Å². The van der Waals surface area contributed by atoms with E-state index < -0.39 is 5.91 Å². The molecule has 0 radical (unpaired) electrons. The lowest BCUT2D eigenvalue weighted by Crippen LogP contribution is -2.24. The molecule has 1 aromatic carbocycles. The molecule has 2 amide bonds. The molecule has 2 aromatic heterocycles. The summed E-state index contributed by atoms with van der Waals surface area (Å²) in [4.78, 5) is 28.5. The number of anilines is 1. The Hall–Kier alpha value is -3.48. The van der Waals surface area contributed by atoms with Gasteiger partial charge in [0.05, 0.1) is 6.20 Å². The Morgan fingerprint density at radius 1 is 1.08 bits per heavy atom. The van der Waals surface area contributed by atoms with E-state index in [0.29, 0.717) is 6.54 Å². The third kappa shape index (κ3) is 4.08. The SMILES string of the molecule is Cc1ccc(CNC(=O)c2cn[nH]c2NC(=O)c2ccccn2)cc1.